The molecule has 0 saturated carbocycles. The minimum Gasteiger partial charge on any atom is -0.493 e. The standard InChI is InChI=1S/C26H23N3O3/c1-3-16-12-13-20-19(14-16)26(25(30)27-20)29-22(15-21(28-29)17-8-5-4-6-9-17)18-10-7-11-23(31-2)24(18)32-26/h4-15,22,28H,3H2,1-2H3,(H,27,30). The van der Waals surface area contributed by atoms with Crippen molar-refractivity contribution in [1.82, 2.24) is 10.4 Å². The number of fused-ring (bicyclic) bond motifs is 6. The van der Waals surface area contributed by atoms with Gasteiger partial charge in [-0.2, -0.15) is 5.01 Å². The SMILES string of the molecule is CCc1ccc2c(c1)C1(Oc3c(OC)cccc3C3C=C(c4ccccc4)NN31)C(=O)N2. The third-order valence-electron chi connectivity index (χ3n) is 6.48. The van der Waals surface area contributed by atoms with Crippen LogP contribution in [0.5, 0.6) is 11.5 Å². The lowest BCUT2D eigenvalue weighted by atomic mass is 9.93. The van der Waals surface area contributed by atoms with Gasteiger partial charge in [-0.05, 0) is 41.8 Å². The first-order chi connectivity index (χ1) is 15.7. The number of rotatable bonds is 3. The van der Waals surface area contributed by atoms with Crippen molar-refractivity contribution in [1.29, 1.82) is 0 Å². The number of ether oxygens (including phenoxy) is 2. The maximum Gasteiger partial charge on any atom is 0.291 e. The van der Waals surface area contributed by atoms with E-state index in [2.05, 4.69) is 41.9 Å². The fourth-order valence-corrected chi connectivity index (χ4v) is 4.85. The smallest absolute Gasteiger partial charge is 0.291 e. The predicted octanol–water partition coefficient (Wildman–Crippen LogP) is 4.36. The van der Waals surface area contributed by atoms with Crippen LogP contribution in [0.4, 0.5) is 5.69 Å². The summed E-state index contributed by atoms with van der Waals surface area (Å²) in [6, 6.07) is 21.8. The molecule has 0 radical (unpaired) electrons. The third-order valence-corrected chi connectivity index (χ3v) is 6.48. The monoisotopic (exact) mass is 425 g/mol. The number of anilines is 1. The average molecular weight is 425 g/mol. The van der Waals surface area contributed by atoms with Gasteiger partial charge >= 0.3 is 0 Å². The number of hydrazine groups is 1. The number of nitrogens with zero attached hydrogens (tertiary/aromatic N) is 1. The molecule has 6 nitrogen and oxygen atoms in total. The Morgan fingerprint density at radius 3 is 2.72 bits per heavy atom. The van der Waals surface area contributed by atoms with Gasteiger partial charge in [0, 0.05) is 11.1 Å². The Labute approximate surface area is 186 Å². The minimum absolute atomic E-state index is 0.217. The molecule has 0 saturated heterocycles. The normalized spacial score (nSPS) is 22.9. The molecule has 3 aromatic carbocycles. The van der Waals surface area contributed by atoms with E-state index < -0.39 is 5.72 Å². The zero-order chi connectivity index (χ0) is 21.9. The van der Waals surface area contributed by atoms with E-state index in [-0.39, 0.29) is 11.9 Å². The van der Waals surface area contributed by atoms with Gasteiger partial charge in [-0.25, -0.2) is 0 Å². The summed E-state index contributed by atoms with van der Waals surface area (Å²) in [5, 5.41) is 4.96. The molecule has 160 valence electrons. The first-order valence-electron chi connectivity index (χ1n) is 10.8. The van der Waals surface area contributed by atoms with Crippen molar-refractivity contribution < 1.29 is 14.3 Å². The molecule has 3 aliphatic rings. The molecule has 6 heteroatoms. The molecule has 2 N–H and O–H groups in total. The van der Waals surface area contributed by atoms with E-state index in [9.17, 15) is 4.79 Å². The highest BCUT2D eigenvalue weighted by atomic mass is 16.6. The molecule has 0 aromatic heterocycles. The van der Waals surface area contributed by atoms with Gasteiger partial charge in [0.25, 0.3) is 11.6 Å². The zero-order valence-corrected chi connectivity index (χ0v) is 17.9. The summed E-state index contributed by atoms with van der Waals surface area (Å²) in [5.41, 5.74) is 7.77. The van der Waals surface area contributed by atoms with Gasteiger partial charge in [0.2, 0.25) is 0 Å². The van der Waals surface area contributed by atoms with Gasteiger partial charge < -0.3 is 20.2 Å². The molecule has 0 bridgehead atoms. The Morgan fingerprint density at radius 1 is 1.09 bits per heavy atom. The van der Waals surface area contributed by atoms with Crippen molar-refractivity contribution in [3.8, 4) is 11.5 Å². The second kappa shape index (κ2) is 6.87. The number of aryl methyl sites for hydroxylation is 1. The van der Waals surface area contributed by atoms with Gasteiger partial charge in [0.1, 0.15) is 0 Å². The molecule has 2 atom stereocenters. The zero-order valence-electron chi connectivity index (χ0n) is 17.9. The highest BCUT2D eigenvalue weighted by molar-refractivity contribution is 6.05. The largest absolute Gasteiger partial charge is 0.493 e. The van der Waals surface area contributed by atoms with E-state index in [1.54, 1.807) is 7.11 Å². The quantitative estimate of drug-likeness (QED) is 0.653. The van der Waals surface area contributed by atoms with E-state index in [1.807, 2.05) is 53.5 Å². The summed E-state index contributed by atoms with van der Waals surface area (Å²) in [5.74, 6) is 0.974. The fraction of sp³-hybridized carbons (Fsp3) is 0.192. The van der Waals surface area contributed by atoms with Crippen LogP contribution in [-0.4, -0.2) is 18.0 Å². The van der Waals surface area contributed by atoms with Gasteiger partial charge in [-0.15, -0.1) is 0 Å². The Bertz CT molecular complexity index is 1270. The number of carbonyl (C=O) groups excluding carboxylic acids is 1. The molecule has 1 amide bonds. The van der Waals surface area contributed by atoms with Crippen LogP contribution in [0.3, 0.4) is 0 Å². The predicted molar refractivity (Wildman–Crippen MR) is 122 cm³/mol. The number of benzene rings is 3. The van der Waals surface area contributed by atoms with Gasteiger partial charge in [0.05, 0.1) is 24.5 Å². The summed E-state index contributed by atoms with van der Waals surface area (Å²) >= 11 is 0. The number of nitrogens with one attached hydrogen (secondary N) is 2. The minimum atomic E-state index is -1.36. The van der Waals surface area contributed by atoms with Gasteiger partial charge in [0.15, 0.2) is 11.5 Å². The summed E-state index contributed by atoms with van der Waals surface area (Å²) < 4.78 is 12.3. The molecule has 6 rings (SSSR count). The molecule has 3 heterocycles. The van der Waals surface area contributed by atoms with E-state index >= 15 is 0 Å². The Hall–Kier alpha value is -3.77. The first-order valence-corrected chi connectivity index (χ1v) is 10.8. The Kier molecular flexibility index (Phi) is 4.07. The van der Waals surface area contributed by atoms with Crippen LogP contribution in [-0.2, 0) is 16.9 Å². The first kappa shape index (κ1) is 19.0. The van der Waals surface area contributed by atoms with Crippen LogP contribution in [0.1, 0.15) is 35.2 Å². The second-order valence-corrected chi connectivity index (χ2v) is 8.19. The molecular weight excluding hydrogens is 402 g/mol. The average Bonchev–Trinajstić information content (AvgIpc) is 3.40. The lowest BCUT2D eigenvalue weighted by Gasteiger charge is -2.45. The topological polar surface area (TPSA) is 62.8 Å². The number of hydrogen-bond donors (Lipinski definition) is 2. The Morgan fingerprint density at radius 2 is 1.94 bits per heavy atom. The molecule has 1 spiro atoms. The fourth-order valence-electron chi connectivity index (χ4n) is 4.85. The summed E-state index contributed by atoms with van der Waals surface area (Å²) in [4.78, 5) is 13.6. The van der Waals surface area contributed by atoms with E-state index in [1.165, 1.54) is 0 Å². The van der Waals surface area contributed by atoms with E-state index in [4.69, 9.17) is 9.47 Å². The maximum atomic E-state index is 13.6. The third kappa shape index (κ3) is 2.47. The number of amides is 1. The number of methoxy groups -OCH3 is 1. The van der Waals surface area contributed by atoms with Crippen molar-refractivity contribution in [3.05, 3.63) is 95.1 Å². The molecule has 2 unspecified atom stereocenters. The van der Waals surface area contributed by atoms with Crippen molar-refractivity contribution in [3.63, 3.8) is 0 Å². The van der Waals surface area contributed by atoms with E-state index in [0.29, 0.717) is 11.5 Å². The van der Waals surface area contributed by atoms with Crippen LogP contribution in [0.25, 0.3) is 5.70 Å². The van der Waals surface area contributed by atoms with Crippen molar-refractivity contribution in [2.45, 2.75) is 25.1 Å². The van der Waals surface area contributed by atoms with Crippen LogP contribution in [0.2, 0.25) is 0 Å². The van der Waals surface area contributed by atoms with Crippen molar-refractivity contribution >= 4 is 17.3 Å². The van der Waals surface area contributed by atoms with Crippen LogP contribution in [0, 0.1) is 0 Å². The van der Waals surface area contributed by atoms with Crippen LogP contribution in [0.15, 0.2) is 72.8 Å². The lowest BCUT2D eigenvalue weighted by molar-refractivity contribution is -0.166. The molecule has 0 fully saturated rings. The number of para-hydroxylation sites is 1. The second-order valence-electron chi connectivity index (χ2n) is 8.19. The highest BCUT2D eigenvalue weighted by Crippen LogP contribution is 2.55. The summed E-state index contributed by atoms with van der Waals surface area (Å²) in [7, 11) is 1.62. The number of carbonyl (C=O) groups is 1. The van der Waals surface area contributed by atoms with Crippen molar-refractivity contribution in [2.24, 2.45) is 0 Å². The summed E-state index contributed by atoms with van der Waals surface area (Å²) in [6.07, 6.45) is 3.01. The molecular formula is C26H23N3O3. The Balaban J connectivity index is 1.59. The summed E-state index contributed by atoms with van der Waals surface area (Å²) in [6.45, 7) is 2.10. The highest BCUT2D eigenvalue weighted by Gasteiger charge is 2.61. The van der Waals surface area contributed by atoms with Crippen molar-refractivity contribution in [2.75, 3.05) is 12.4 Å². The van der Waals surface area contributed by atoms with Gasteiger partial charge in [-0.3, -0.25) is 4.79 Å². The van der Waals surface area contributed by atoms with Crippen LogP contribution >= 0.6 is 0 Å². The lowest BCUT2D eigenvalue weighted by Crippen LogP contribution is -2.60. The number of hydrogen-bond acceptors (Lipinski definition) is 5. The van der Waals surface area contributed by atoms with Gasteiger partial charge in [-0.1, -0.05) is 55.5 Å². The molecule has 0 aliphatic carbocycles. The molecule has 3 aliphatic heterocycles. The van der Waals surface area contributed by atoms with E-state index in [0.717, 1.165) is 40.1 Å². The molecule has 32 heavy (non-hydrogen) atoms. The molecule has 3 aromatic rings. The van der Waals surface area contributed by atoms with Crippen LogP contribution < -0.4 is 20.2 Å². The maximum absolute atomic E-state index is 13.6.